The van der Waals surface area contributed by atoms with Gasteiger partial charge >= 0.3 is 5.97 Å². The number of nitriles is 1. The first-order valence-electron chi connectivity index (χ1n) is 14.5. The first kappa shape index (κ1) is 30.8. The molecule has 0 unspecified atom stereocenters. The van der Waals surface area contributed by atoms with Gasteiger partial charge < -0.3 is 30.4 Å². The van der Waals surface area contributed by atoms with Gasteiger partial charge in [-0.05, 0) is 36.8 Å². The molecule has 0 radical (unpaired) electrons. The number of hydrogen-bond donors (Lipinski definition) is 3. The van der Waals surface area contributed by atoms with Gasteiger partial charge in [0.15, 0.2) is 5.82 Å². The lowest BCUT2D eigenvalue weighted by Gasteiger charge is -2.26. The number of nitrogens with two attached hydrogens (primary N) is 1. The van der Waals surface area contributed by atoms with Crippen molar-refractivity contribution in [2.24, 2.45) is 23.5 Å². The Bertz CT molecular complexity index is 1250. The number of aromatic nitrogens is 3. The summed E-state index contributed by atoms with van der Waals surface area (Å²) in [6.07, 6.45) is 3.61. The minimum atomic E-state index is -1.91. The molecule has 224 valence electrons. The summed E-state index contributed by atoms with van der Waals surface area (Å²) in [6, 6.07) is 5.05. The van der Waals surface area contributed by atoms with Crippen molar-refractivity contribution in [2.75, 3.05) is 18.5 Å². The maximum atomic E-state index is 12.7. The molecular weight excluding hydrogens is 528 g/mol. The van der Waals surface area contributed by atoms with E-state index in [0.29, 0.717) is 17.9 Å². The molecule has 2 aliphatic rings. The van der Waals surface area contributed by atoms with Gasteiger partial charge in [0.1, 0.15) is 42.8 Å². The zero-order chi connectivity index (χ0) is 29.7. The van der Waals surface area contributed by atoms with Gasteiger partial charge in [-0.1, -0.05) is 47.0 Å². The number of aliphatic hydroxyl groups excluding tert-OH is 1. The Morgan fingerprint density at radius 1 is 1.27 bits per heavy atom. The van der Waals surface area contributed by atoms with Crippen LogP contribution in [0.4, 0.5) is 5.82 Å². The summed E-state index contributed by atoms with van der Waals surface area (Å²) in [5, 5.41) is 29.1. The first-order valence-corrected chi connectivity index (χ1v) is 14.5. The largest absolute Gasteiger partial charge is 0.463 e. The second kappa shape index (κ2) is 13.2. The quantitative estimate of drug-likeness (QED) is 0.341. The second-order valence-corrected chi connectivity index (χ2v) is 11.8. The van der Waals surface area contributed by atoms with Crippen LogP contribution in [0.5, 0.6) is 0 Å². The van der Waals surface area contributed by atoms with Gasteiger partial charge in [-0.3, -0.25) is 9.59 Å². The van der Waals surface area contributed by atoms with E-state index in [1.807, 2.05) is 13.8 Å². The average Bonchev–Trinajstić information content (AvgIpc) is 3.51. The number of nitrogens with one attached hydrogen (secondary N) is 1. The Morgan fingerprint density at radius 3 is 2.66 bits per heavy atom. The molecule has 1 saturated heterocycles. The van der Waals surface area contributed by atoms with E-state index in [4.69, 9.17) is 19.9 Å². The fraction of sp³-hybridized carbons (Fsp3) is 0.690. The molecule has 12 heteroatoms. The molecule has 3 heterocycles. The van der Waals surface area contributed by atoms with Gasteiger partial charge in [-0.2, -0.15) is 10.4 Å². The van der Waals surface area contributed by atoms with Gasteiger partial charge in [0, 0.05) is 18.4 Å². The molecule has 5 atom stereocenters. The van der Waals surface area contributed by atoms with Crippen molar-refractivity contribution < 1.29 is 28.9 Å². The van der Waals surface area contributed by atoms with Gasteiger partial charge in [0.2, 0.25) is 11.5 Å². The number of anilines is 1. The molecule has 0 aromatic carbocycles. The number of carbonyl (C=O) groups excluding carboxylic acids is 2. The normalized spacial score (nSPS) is 25.9. The molecule has 1 amide bonds. The molecule has 4 rings (SSSR count). The fourth-order valence-corrected chi connectivity index (χ4v) is 5.35. The summed E-state index contributed by atoms with van der Waals surface area (Å²) in [6.45, 7) is 7.36. The van der Waals surface area contributed by atoms with Crippen molar-refractivity contribution in [3.8, 4) is 6.07 Å². The zero-order valence-electron chi connectivity index (χ0n) is 24.3. The smallest absolute Gasteiger partial charge is 0.306 e. The summed E-state index contributed by atoms with van der Waals surface area (Å²) in [5.74, 6) is -0.166. The molecular formula is C29H42N6O6. The summed E-state index contributed by atoms with van der Waals surface area (Å²) < 4.78 is 19.3. The lowest BCUT2D eigenvalue weighted by Crippen LogP contribution is -2.44. The second-order valence-electron chi connectivity index (χ2n) is 11.8. The molecule has 41 heavy (non-hydrogen) atoms. The van der Waals surface area contributed by atoms with Crippen molar-refractivity contribution in [2.45, 2.75) is 96.2 Å². The topological polar surface area (TPSA) is 174 Å². The molecule has 0 bridgehead atoms. The molecule has 0 spiro atoms. The molecule has 2 aromatic rings. The van der Waals surface area contributed by atoms with Crippen LogP contribution in [0.2, 0.25) is 0 Å². The van der Waals surface area contributed by atoms with E-state index in [0.717, 1.165) is 25.7 Å². The predicted molar refractivity (Wildman–Crippen MR) is 149 cm³/mol. The summed E-state index contributed by atoms with van der Waals surface area (Å²) in [5.41, 5.74) is 4.94. The molecule has 12 nitrogen and oxygen atoms in total. The van der Waals surface area contributed by atoms with E-state index in [-0.39, 0.29) is 54.5 Å². The number of esters is 1. The molecule has 1 aliphatic carbocycles. The maximum absolute atomic E-state index is 12.7. The van der Waals surface area contributed by atoms with Crippen LogP contribution in [0, 0.1) is 29.1 Å². The monoisotopic (exact) mass is 570 g/mol. The predicted octanol–water partition coefficient (Wildman–Crippen LogP) is 2.68. The van der Waals surface area contributed by atoms with Gasteiger partial charge in [-0.15, -0.1) is 0 Å². The fourth-order valence-electron chi connectivity index (χ4n) is 5.35. The SMILES string of the molecule is CC(C)C(=O)Nc1ncnn2c([C@]3(C#N)O[C@H](COC(=O)CC4CCCCC4)[C@@H](OC[C@@H](N)C(C)C)[C@H]3O)ccc12. The maximum Gasteiger partial charge on any atom is 0.306 e. The molecule has 1 saturated carbocycles. The molecule has 2 fully saturated rings. The van der Waals surface area contributed by atoms with Crippen LogP contribution in [-0.2, 0) is 29.4 Å². The van der Waals surface area contributed by atoms with E-state index in [2.05, 4.69) is 21.5 Å². The molecule has 4 N–H and O–H groups in total. The van der Waals surface area contributed by atoms with Crippen LogP contribution in [-0.4, -0.2) is 69.1 Å². The Hall–Kier alpha value is -3.11. The van der Waals surface area contributed by atoms with E-state index < -0.39 is 23.9 Å². The first-order chi connectivity index (χ1) is 19.6. The third kappa shape index (κ3) is 6.70. The number of fused-ring (bicyclic) bond motifs is 1. The van der Waals surface area contributed by atoms with Gasteiger partial charge in [-0.25, -0.2) is 9.50 Å². The van der Waals surface area contributed by atoms with Crippen LogP contribution in [0.3, 0.4) is 0 Å². The summed E-state index contributed by atoms with van der Waals surface area (Å²) in [4.78, 5) is 29.2. The van der Waals surface area contributed by atoms with Crippen molar-refractivity contribution >= 4 is 23.2 Å². The van der Waals surface area contributed by atoms with Crippen molar-refractivity contribution in [3.63, 3.8) is 0 Å². The number of carbonyl (C=O) groups is 2. The third-order valence-electron chi connectivity index (χ3n) is 8.12. The highest BCUT2D eigenvalue weighted by Gasteiger charge is 2.59. The molecule has 2 aromatic heterocycles. The summed E-state index contributed by atoms with van der Waals surface area (Å²) >= 11 is 0. The van der Waals surface area contributed by atoms with E-state index in [9.17, 15) is 20.0 Å². The van der Waals surface area contributed by atoms with Crippen molar-refractivity contribution in [1.29, 1.82) is 5.26 Å². The van der Waals surface area contributed by atoms with Crippen molar-refractivity contribution in [1.82, 2.24) is 14.6 Å². The average molecular weight is 571 g/mol. The summed E-state index contributed by atoms with van der Waals surface area (Å²) in [7, 11) is 0. The van der Waals surface area contributed by atoms with Crippen LogP contribution in [0.15, 0.2) is 18.5 Å². The van der Waals surface area contributed by atoms with Crippen LogP contribution >= 0.6 is 0 Å². The Labute approximate surface area is 240 Å². The minimum absolute atomic E-state index is 0.110. The van der Waals surface area contributed by atoms with E-state index in [1.54, 1.807) is 26.0 Å². The van der Waals surface area contributed by atoms with Crippen LogP contribution in [0.25, 0.3) is 5.52 Å². The number of nitrogens with zero attached hydrogens (tertiary/aromatic N) is 4. The number of amides is 1. The third-order valence-corrected chi connectivity index (χ3v) is 8.12. The van der Waals surface area contributed by atoms with E-state index in [1.165, 1.54) is 17.3 Å². The number of aliphatic hydroxyl groups is 1. The van der Waals surface area contributed by atoms with Crippen LogP contribution in [0.1, 0.15) is 71.9 Å². The molecule has 1 aliphatic heterocycles. The van der Waals surface area contributed by atoms with Crippen LogP contribution < -0.4 is 11.1 Å². The lowest BCUT2D eigenvalue weighted by atomic mass is 9.87. The minimum Gasteiger partial charge on any atom is -0.463 e. The number of hydrogen-bond acceptors (Lipinski definition) is 10. The Balaban J connectivity index is 1.60. The lowest BCUT2D eigenvalue weighted by molar-refractivity contribution is -0.153. The van der Waals surface area contributed by atoms with E-state index >= 15 is 0 Å². The Morgan fingerprint density at radius 2 is 2.00 bits per heavy atom. The standard InChI is InChI=1S/C29H42N6O6/c1-17(2)20(31)13-40-25-22(14-39-24(36)12-19-8-6-5-7-9-19)41-29(15-30,26(25)37)23-11-10-21-27(32-16-33-35(21)23)34-28(38)18(3)4/h10-11,16-20,22,25-26,37H,5-9,12-14,31H2,1-4H3,(H,32,33,34,38)/t20-,22-,25-,26-,29+/m1/s1. The highest BCUT2D eigenvalue weighted by atomic mass is 16.6. The number of rotatable bonds is 11. The highest BCUT2D eigenvalue weighted by molar-refractivity contribution is 5.94. The van der Waals surface area contributed by atoms with Gasteiger partial charge in [0.05, 0.1) is 12.3 Å². The van der Waals surface area contributed by atoms with Gasteiger partial charge in [0.25, 0.3) is 0 Å². The highest BCUT2D eigenvalue weighted by Crippen LogP contribution is 2.42. The van der Waals surface area contributed by atoms with Crippen molar-refractivity contribution in [3.05, 3.63) is 24.2 Å². The number of ether oxygens (including phenoxy) is 3. The Kier molecular flexibility index (Phi) is 9.96. The zero-order valence-corrected chi connectivity index (χ0v) is 24.3.